The molecular formula is C27H39ClN2O5. The van der Waals surface area contributed by atoms with Gasteiger partial charge in [0.05, 0.1) is 26.5 Å². The molecule has 0 saturated heterocycles. The summed E-state index contributed by atoms with van der Waals surface area (Å²) in [6, 6.07) is 5.58. The fraction of sp³-hybridized carbons (Fsp3) is 0.556. The topological polar surface area (TPSA) is 78.8 Å². The van der Waals surface area contributed by atoms with Crippen LogP contribution in [0, 0.1) is 5.41 Å². The van der Waals surface area contributed by atoms with Crippen molar-refractivity contribution in [2.24, 2.45) is 5.41 Å². The SMILES string of the molecule is CNCCCCCCOc1cc2c(cc1OC)-c1cc(=O)c(C(=O)OC)cn1C(C(C)(C)C)C2.Cl. The highest BCUT2D eigenvalue weighted by molar-refractivity contribution is 5.89. The Labute approximate surface area is 214 Å². The number of benzene rings is 1. The number of rotatable bonds is 10. The van der Waals surface area contributed by atoms with Gasteiger partial charge in [0.2, 0.25) is 0 Å². The summed E-state index contributed by atoms with van der Waals surface area (Å²) in [5, 5.41) is 3.17. The van der Waals surface area contributed by atoms with E-state index in [0.29, 0.717) is 12.4 Å². The number of carbonyl (C=O) groups is 1. The number of carbonyl (C=O) groups excluding carboxylic acids is 1. The van der Waals surface area contributed by atoms with Crippen molar-refractivity contribution in [2.45, 2.75) is 58.9 Å². The molecule has 2 heterocycles. The molecule has 1 aromatic carbocycles. The Bertz CT molecular complexity index is 1070. The van der Waals surface area contributed by atoms with Gasteiger partial charge in [0.25, 0.3) is 0 Å². The molecule has 194 valence electrons. The minimum absolute atomic E-state index is 0. The van der Waals surface area contributed by atoms with Crippen molar-refractivity contribution >= 4 is 18.4 Å². The lowest BCUT2D eigenvalue weighted by atomic mass is 9.78. The number of esters is 1. The minimum atomic E-state index is -0.619. The zero-order chi connectivity index (χ0) is 24.9. The van der Waals surface area contributed by atoms with Crippen molar-refractivity contribution in [3.05, 3.63) is 45.7 Å². The molecular weight excluding hydrogens is 468 g/mol. The second kappa shape index (κ2) is 12.5. The van der Waals surface area contributed by atoms with E-state index in [1.54, 1.807) is 13.3 Å². The van der Waals surface area contributed by atoms with Crippen LogP contribution in [-0.4, -0.2) is 45.0 Å². The van der Waals surface area contributed by atoms with Crippen LogP contribution < -0.4 is 20.2 Å². The monoisotopic (exact) mass is 506 g/mol. The molecule has 0 spiro atoms. The summed E-state index contributed by atoms with van der Waals surface area (Å²) in [5.74, 6) is 0.747. The quantitative estimate of drug-likeness (QED) is 0.359. The average Bonchev–Trinajstić information content (AvgIpc) is 2.80. The zero-order valence-electron chi connectivity index (χ0n) is 21.7. The third-order valence-corrected chi connectivity index (χ3v) is 6.48. The summed E-state index contributed by atoms with van der Waals surface area (Å²) < 4.78 is 18.6. The molecule has 2 aromatic rings. The van der Waals surface area contributed by atoms with Crippen LogP contribution in [0.5, 0.6) is 11.5 Å². The lowest BCUT2D eigenvalue weighted by Crippen LogP contribution is -2.33. The van der Waals surface area contributed by atoms with E-state index < -0.39 is 5.97 Å². The Morgan fingerprint density at radius 3 is 2.43 bits per heavy atom. The first kappa shape index (κ1) is 28.7. The molecule has 1 aliphatic rings. The van der Waals surface area contributed by atoms with Crippen LogP contribution in [0.3, 0.4) is 0 Å². The summed E-state index contributed by atoms with van der Waals surface area (Å²) in [6.45, 7) is 8.17. The number of methoxy groups -OCH3 is 2. The Morgan fingerprint density at radius 1 is 1.09 bits per heavy atom. The zero-order valence-corrected chi connectivity index (χ0v) is 22.5. The van der Waals surface area contributed by atoms with Gasteiger partial charge in [-0.2, -0.15) is 0 Å². The number of nitrogens with zero attached hydrogens (tertiary/aromatic N) is 1. The van der Waals surface area contributed by atoms with Gasteiger partial charge in [-0.25, -0.2) is 4.79 Å². The summed E-state index contributed by atoms with van der Waals surface area (Å²) >= 11 is 0. The van der Waals surface area contributed by atoms with Crippen LogP contribution in [-0.2, 0) is 11.2 Å². The van der Waals surface area contributed by atoms with Gasteiger partial charge in [-0.15, -0.1) is 12.4 Å². The van der Waals surface area contributed by atoms with Crippen molar-refractivity contribution in [3.8, 4) is 22.8 Å². The van der Waals surface area contributed by atoms with Crippen LogP contribution in [0.25, 0.3) is 11.3 Å². The van der Waals surface area contributed by atoms with Crippen molar-refractivity contribution in [2.75, 3.05) is 34.4 Å². The van der Waals surface area contributed by atoms with Gasteiger partial charge in [0.15, 0.2) is 16.9 Å². The molecule has 0 amide bonds. The van der Waals surface area contributed by atoms with Crippen molar-refractivity contribution in [1.82, 2.24) is 9.88 Å². The molecule has 1 aromatic heterocycles. The molecule has 0 fully saturated rings. The number of pyridine rings is 1. The highest BCUT2D eigenvalue weighted by atomic mass is 35.5. The fourth-order valence-electron chi connectivity index (χ4n) is 4.54. The number of halogens is 1. The van der Waals surface area contributed by atoms with Crippen LogP contribution in [0.1, 0.15) is 68.4 Å². The number of aromatic nitrogens is 1. The third kappa shape index (κ3) is 6.58. The van der Waals surface area contributed by atoms with Gasteiger partial charge in [-0.3, -0.25) is 4.79 Å². The molecule has 0 radical (unpaired) electrons. The highest BCUT2D eigenvalue weighted by Gasteiger charge is 2.34. The van der Waals surface area contributed by atoms with Crippen molar-refractivity contribution in [3.63, 3.8) is 0 Å². The third-order valence-electron chi connectivity index (χ3n) is 6.48. The molecule has 1 aliphatic heterocycles. The van der Waals surface area contributed by atoms with E-state index in [-0.39, 0.29) is 34.9 Å². The second-order valence-corrected chi connectivity index (χ2v) is 9.95. The van der Waals surface area contributed by atoms with Crippen molar-refractivity contribution < 1.29 is 19.0 Å². The summed E-state index contributed by atoms with van der Waals surface area (Å²) in [6.07, 6.45) is 6.86. The summed E-state index contributed by atoms with van der Waals surface area (Å²) in [4.78, 5) is 25.0. The van der Waals surface area contributed by atoms with Gasteiger partial charge >= 0.3 is 5.97 Å². The maximum Gasteiger partial charge on any atom is 0.343 e. The number of nitrogens with one attached hydrogen (secondary N) is 1. The van der Waals surface area contributed by atoms with Gasteiger partial charge in [-0.1, -0.05) is 33.6 Å². The number of unbranched alkanes of at least 4 members (excludes halogenated alkanes) is 3. The van der Waals surface area contributed by atoms with Crippen LogP contribution >= 0.6 is 12.4 Å². The molecule has 8 heteroatoms. The van der Waals surface area contributed by atoms with E-state index in [2.05, 4.69) is 32.2 Å². The van der Waals surface area contributed by atoms with E-state index in [4.69, 9.17) is 14.2 Å². The summed E-state index contributed by atoms with van der Waals surface area (Å²) in [7, 11) is 4.89. The largest absolute Gasteiger partial charge is 0.493 e. The van der Waals surface area contributed by atoms with E-state index in [9.17, 15) is 9.59 Å². The Balaban J connectivity index is 0.00000432. The van der Waals surface area contributed by atoms with Gasteiger partial charge in [0, 0.05) is 23.9 Å². The first-order valence-corrected chi connectivity index (χ1v) is 12.0. The molecule has 1 unspecified atom stereocenters. The van der Waals surface area contributed by atoms with Gasteiger partial charge in [0.1, 0.15) is 5.56 Å². The maximum absolute atomic E-state index is 12.8. The first-order chi connectivity index (χ1) is 16.2. The molecule has 0 bridgehead atoms. The Hall–Kier alpha value is -2.51. The second-order valence-electron chi connectivity index (χ2n) is 9.95. The predicted molar refractivity (Wildman–Crippen MR) is 141 cm³/mol. The molecule has 35 heavy (non-hydrogen) atoms. The first-order valence-electron chi connectivity index (χ1n) is 12.0. The van der Waals surface area contributed by atoms with Crippen LogP contribution in [0.15, 0.2) is 29.2 Å². The smallest absolute Gasteiger partial charge is 0.343 e. The lowest BCUT2D eigenvalue weighted by Gasteiger charge is -2.39. The Kier molecular flexibility index (Phi) is 10.2. The number of ether oxygens (including phenoxy) is 3. The predicted octanol–water partition coefficient (Wildman–Crippen LogP) is 5.03. The molecule has 0 aliphatic carbocycles. The molecule has 3 rings (SSSR count). The Morgan fingerprint density at radius 2 is 1.80 bits per heavy atom. The molecule has 0 saturated carbocycles. The van der Waals surface area contributed by atoms with Crippen LogP contribution in [0.4, 0.5) is 0 Å². The van der Waals surface area contributed by atoms with E-state index in [1.807, 2.05) is 17.7 Å². The van der Waals surface area contributed by atoms with E-state index in [0.717, 1.165) is 48.4 Å². The highest BCUT2D eigenvalue weighted by Crippen LogP contribution is 2.45. The van der Waals surface area contributed by atoms with E-state index >= 15 is 0 Å². The van der Waals surface area contributed by atoms with E-state index in [1.165, 1.54) is 26.0 Å². The van der Waals surface area contributed by atoms with Crippen molar-refractivity contribution in [1.29, 1.82) is 0 Å². The molecule has 1 atom stereocenters. The summed E-state index contributed by atoms with van der Waals surface area (Å²) in [5.41, 5.74) is 2.39. The van der Waals surface area contributed by atoms with Crippen LogP contribution in [0.2, 0.25) is 0 Å². The molecule has 7 nitrogen and oxygen atoms in total. The van der Waals surface area contributed by atoms with Gasteiger partial charge in [-0.05, 0) is 56.0 Å². The standard InChI is InChI=1S/C27H38N2O5.ClH/c1-27(2,3)25-14-18-13-24(34-12-10-8-7-9-11-28-4)23(32-5)15-19(18)21-16-22(30)20(17-29(21)25)26(31)33-6;/h13,15-17,25,28H,7-12,14H2,1-6H3;1H. The van der Waals surface area contributed by atoms with Gasteiger partial charge < -0.3 is 24.1 Å². The lowest BCUT2D eigenvalue weighted by molar-refractivity contribution is 0.0597. The number of hydrogen-bond acceptors (Lipinski definition) is 6. The fourth-order valence-corrected chi connectivity index (χ4v) is 4.54. The number of fused-ring (bicyclic) bond motifs is 3. The molecule has 1 N–H and O–H groups in total. The normalized spacial score (nSPS) is 14.4. The number of hydrogen-bond donors (Lipinski definition) is 1. The minimum Gasteiger partial charge on any atom is -0.493 e. The average molecular weight is 507 g/mol. The maximum atomic E-state index is 12.8.